The van der Waals surface area contributed by atoms with E-state index >= 15 is 0 Å². The Morgan fingerprint density at radius 3 is 2.42 bits per heavy atom. The van der Waals surface area contributed by atoms with Crippen molar-refractivity contribution in [1.82, 2.24) is 10.2 Å². The normalized spacial score (nSPS) is 29.5. The Balaban J connectivity index is 2.14. The fourth-order valence-corrected chi connectivity index (χ4v) is 1.91. The molecule has 2 heteroatoms. The van der Waals surface area contributed by atoms with E-state index in [9.17, 15) is 0 Å². The molecule has 0 unspecified atom stereocenters. The molecule has 0 aromatic carbocycles. The quantitative estimate of drug-likeness (QED) is 0.684. The third kappa shape index (κ3) is 2.46. The van der Waals surface area contributed by atoms with E-state index in [4.69, 9.17) is 0 Å². The van der Waals surface area contributed by atoms with Gasteiger partial charge in [-0.05, 0) is 32.9 Å². The van der Waals surface area contributed by atoms with Crippen molar-refractivity contribution in [3.8, 4) is 0 Å². The highest BCUT2D eigenvalue weighted by Crippen LogP contribution is 2.24. The van der Waals surface area contributed by atoms with Crippen LogP contribution in [-0.4, -0.2) is 37.6 Å². The molecule has 0 spiro atoms. The highest BCUT2D eigenvalue weighted by molar-refractivity contribution is 4.89. The summed E-state index contributed by atoms with van der Waals surface area (Å²) >= 11 is 0. The molecule has 1 N–H and O–H groups in total. The first-order valence-electron chi connectivity index (χ1n) is 5.01. The lowest BCUT2D eigenvalue weighted by Gasteiger charge is -2.41. The molecule has 0 heterocycles. The zero-order valence-corrected chi connectivity index (χ0v) is 8.80. The van der Waals surface area contributed by atoms with Crippen molar-refractivity contribution in [2.24, 2.45) is 5.92 Å². The third-order valence-corrected chi connectivity index (χ3v) is 2.80. The lowest BCUT2D eigenvalue weighted by atomic mass is 9.85. The molecular weight excluding hydrogens is 148 g/mol. The first-order valence-corrected chi connectivity index (χ1v) is 5.01. The molecule has 1 fully saturated rings. The van der Waals surface area contributed by atoms with Crippen molar-refractivity contribution in [2.75, 3.05) is 20.6 Å². The van der Waals surface area contributed by atoms with Gasteiger partial charge in [0.15, 0.2) is 0 Å². The lowest BCUT2D eigenvalue weighted by Crippen LogP contribution is -2.51. The molecule has 0 atom stereocenters. The molecule has 72 valence electrons. The minimum Gasteiger partial charge on any atom is -0.317 e. The second-order valence-electron chi connectivity index (χ2n) is 4.44. The van der Waals surface area contributed by atoms with Gasteiger partial charge in [0.25, 0.3) is 0 Å². The number of hydrogen-bond acceptors (Lipinski definition) is 2. The second kappa shape index (κ2) is 4.24. The summed E-state index contributed by atoms with van der Waals surface area (Å²) in [5, 5.41) is 3.31. The molecule has 0 saturated heterocycles. The summed E-state index contributed by atoms with van der Waals surface area (Å²) in [5.74, 6) is 0.795. The number of nitrogens with one attached hydrogen (secondary N) is 1. The van der Waals surface area contributed by atoms with Gasteiger partial charge in [-0.25, -0.2) is 0 Å². The van der Waals surface area contributed by atoms with Crippen LogP contribution in [0, 0.1) is 5.92 Å². The SMILES string of the molecule is CNC1CC(N(C)CC(C)C)C1. The molecular formula is C10H22N2. The van der Waals surface area contributed by atoms with E-state index in [1.54, 1.807) is 0 Å². The van der Waals surface area contributed by atoms with Crippen molar-refractivity contribution in [3.05, 3.63) is 0 Å². The van der Waals surface area contributed by atoms with E-state index < -0.39 is 0 Å². The second-order valence-corrected chi connectivity index (χ2v) is 4.44. The number of hydrogen-bond donors (Lipinski definition) is 1. The van der Waals surface area contributed by atoms with Gasteiger partial charge >= 0.3 is 0 Å². The summed E-state index contributed by atoms with van der Waals surface area (Å²) in [5.41, 5.74) is 0. The summed E-state index contributed by atoms with van der Waals surface area (Å²) < 4.78 is 0. The van der Waals surface area contributed by atoms with Crippen LogP contribution in [0.4, 0.5) is 0 Å². The average Bonchev–Trinajstić information content (AvgIpc) is 1.82. The van der Waals surface area contributed by atoms with E-state index in [0.29, 0.717) is 0 Å². The molecule has 0 amide bonds. The van der Waals surface area contributed by atoms with Crippen molar-refractivity contribution in [2.45, 2.75) is 38.8 Å². The van der Waals surface area contributed by atoms with E-state index in [1.807, 2.05) is 0 Å². The van der Waals surface area contributed by atoms with E-state index in [0.717, 1.165) is 18.0 Å². The first-order chi connectivity index (χ1) is 5.63. The molecule has 2 nitrogen and oxygen atoms in total. The van der Waals surface area contributed by atoms with Crippen LogP contribution in [0.25, 0.3) is 0 Å². The van der Waals surface area contributed by atoms with Crippen LogP contribution < -0.4 is 5.32 Å². The summed E-state index contributed by atoms with van der Waals surface area (Å²) in [6.07, 6.45) is 2.67. The predicted octanol–water partition coefficient (Wildman–Crippen LogP) is 1.32. The summed E-state index contributed by atoms with van der Waals surface area (Å²) in [7, 11) is 4.31. The van der Waals surface area contributed by atoms with Gasteiger partial charge in [-0.15, -0.1) is 0 Å². The van der Waals surface area contributed by atoms with Gasteiger partial charge < -0.3 is 10.2 Å². The van der Waals surface area contributed by atoms with Gasteiger partial charge in [-0.3, -0.25) is 0 Å². The Morgan fingerprint density at radius 2 is 2.00 bits per heavy atom. The Kier molecular flexibility index (Phi) is 3.53. The topological polar surface area (TPSA) is 15.3 Å². The minimum absolute atomic E-state index is 0.782. The Bertz CT molecular complexity index is 128. The summed E-state index contributed by atoms with van der Waals surface area (Å²) in [6, 6.07) is 1.62. The zero-order valence-electron chi connectivity index (χ0n) is 8.80. The van der Waals surface area contributed by atoms with E-state index in [1.165, 1.54) is 19.4 Å². The predicted molar refractivity (Wildman–Crippen MR) is 53.3 cm³/mol. The molecule has 12 heavy (non-hydrogen) atoms. The smallest absolute Gasteiger partial charge is 0.0122 e. The minimum atomic E-state index is 0.782. The zero-order chi connectivity index (χ0) is 9.14. The van der Waals surface area contributed by atoms with Crippen LogP contribution in [0.3, 0.4) is 0 Å². The summed E-state index contributed by atoms with van der Waals surface area (Å²) in [4.78, 5) is 2.50. The van der Waals surface area contributed by atoms with Crippen LogP contribution >= 0.6 is 0 Å². The van der Waals surface area contributed by atoms with Gasteiger partial charge in [0.2, 0.25) is 0 Å². The van der Waals surface area contributed by atoms with Crippen LogP contribution in [0.1, 0.15) is 26.7 Å². The van der Waals surface area contributed by atoms with Gasteiger partial charge in [0.1, 0.15) is 0 Å². The lowest BCUT2D eigenvalue weighted by molar-refractivity contribution is 0.114. The maximum absolute atomic E-state index is 3.31. The summed E-state index contributed by atoms with van der Waals surface area (Å²) in [6.45, 7) is 5.80. The number of nitrogens with zero attached hydrogens (tertiary/aromatic N) is 1. The Labute approximate surface area is 76.3 Å². The van der Waals surface area contributed by atoms with Crippen molar-refractivity contribution < 1.29 is 0 Å². The molecule has 1 aliphatic rings. The third-order valence-electron chi connectivity index (χ3n) is 2.80. The standard InChI is InChI=1S/C10H22N2/c1-8(2)7-12(4)10-5-9(6-10)11-3/h8-11H,5-7H2,1-4H3. The van der Waals surface area contributed by atoms with Crippen LogP contribution in [0.2, 0.25) is 0 Å². The average molecular weight is 170 g/mol. The first kappa shape index (κ1) is 10.0. The van der Waals surface area contributed by atoms with Gasteiger partial charge in [0, 0.05) is 18.6 Å². The van der Waals surface area contributed by atoms with E-state index in [-0.39, 0.29) is 0 Å². The molecule has 0 aliphatic heterocycles. The molecule has 0 aromatic heterocycles. The molecule has 1 saturated carbocycles. The van der Waals surface area contributed by atoms with Crippen LogP contribution in [0.15, 0.2) is 0 Å². The Morgan fingerprint density at radius 1 is 1.42 bits per heavy atom. The van der Waals surface area contributed by atoms with E-state index in [2.05, 4.69) is 38.2 Å². The Hall–Kier alpha value is -0.0800. The fourth-order valence-electron chi connectivity index (χ4n) is 1.91. The fraction of sp³-hybridized carbons (Fsp3) is 1.00. The van der Waals surface area contributed by atoms with Crippen molar-refractivity contribution in [3.63, 3.8) is 0 Å². The molecule has 1 rings (SSSR count). The largest absolute Gasteiger partial charge is 0.317 e. The molecule has 0 bridgehead atoms. The van der Waals surface area contributed by atoms with Crippen LogP contribution in [-0.2, 0) is 0 Å². The van der Waals surface area contributed by atoms with Crippen molar-refractivity contribution >= 4 is 0 Å². The monoisotopic (exact) mass is 170 g/mol. The maximum atomic E-state index is 3.31. The van der Waals surface area contributed by atoms with Gasteiger partial charge in [-0.2, -0.15) is 0 Å². The maximum Gasteiger partial charge on any atom is 0.0122 e. The number of rotatable bonds is 4. The molecule has 0 radical (unpaired) electrons. The highest BCUT2D eigenvalue weighted by atomic mass is 15.2. The van der Waals surface area contributed by atoms with Gasteiger partial charge in [0.05, 0.1) is 0 Å². The molecule has 0 aromatic rings. The van der Waals surface area contributed by atoms with Gasteiger partial charge in [-0.1, -0.05) is 13.8 Å². The van der Waals surface area contributed by atoms with Crippen LogP contribution in [0.5, 0.6) is 0 Å². The molecule has 1 aliphatic carbocycles. The van der Waals surface area contributed by atoms with Crippen molar-refractivity contribution in [1.29, 1.82) is 0 Å². The highest BCUT2D eigenvalue weighted by Gasteiger charge is 2.30.